The first-order valence-corrected chi connectivity index (χ1v) is 13.2. The number of rotatable bonds is 20. The second kappa shape index (κ2) is 19.3. The predicted molar refractivity (Wildman–Crippen MR) is 138 cm³/mol. The number of carbonyl (C=O) groups is 3. The molecule has 36 heavy (non-hydrogen) atoms. The number of amides is 3. The van der Waals surface area contributed by atoms with E-state index in [9.17, 15) is 34.8 Å². The lowest BCUT2D eigenvalue weighted by atomic mass is 10.0. The maximum Gasteiger partial charge on any atom is 0.237 e. The lowest BCUT2D eigenvalue weighted by Gasteiger charge is -2.26. The van der Waals surface area contributed by atoms with Crippen molar-refractivity contribution in [3.63, 3.8) is 0 Å². The Labute approximate surface area is 215 Å². The summed E-state index contributed by atoms with van der Waals surface area (Å²) in [6, 6.07) is -0.659. The van der Waals surface area contributed by atoms with Gasteiger partial charge in [-0.15, -0.1) is 0 Å². The summed E-state index contributed by atoms with van der Waals surface area (Å²) in [5, 5.41) is 50.4. The second-order valence-electron chi connectivity index (χ2n) is 10.0. The Bertz CT molecular complexity index is 634. The minimum atomic E-state index is -1.61. The van der Waals surface area contributed by atoms with E-state index >= 15 is 0 Å². The zero-order chi connectivity index (χ0) is 27.7. The Morgan fingerprint density at radius 2 is 1.33 bits per heavy atom. The molecular formula is C25H50N4O7. The van der Waals surface area contributed by atoms with Crippen molar-refractivity contribution in [2.24, 2.45) is 5.92 Å². The predicted octanol–water partition coefficient (Wildman–Crippen LogP) is -0.448. The molecule has 11 nitrogen and oxygen atoms in total. The molecular weight excluding hydrogens is 468 g/mol. The van der Waals surface area contributed by atoms with Crippen LogP contribution in [0.2, 0.25) is 0 Å². The second-order valence-corrected chi connectivity index (χ2v) is 10.0. The third-order valence-electron chi connectivity index (χ3n) is 5.76. The molecule has 0 radical (unpaired) electrons. The molecule has 0 saturated heterocycles. The van der Waals surface area contributed by atoms with E-state index in [4.69, 9.17) is 0 Å². The van der Waals surface area contributed by atoms with Gasteiger partial charge >= 0.3 is 0 Å². The summed E-state index contributed by atoms with van der Waals surface area (Å²) < 4.78 is 0. The van der Waals surface area contributed by atoms with Crippen LogP contribution in [0.25, 0.3) is 0 Å². The van der Waals surface area contributed by atoms with Gasteiger partial charge in [-0.05, 0) is 25.2 Å². The van der Waals surface area contributed by atoms with Crippen LogP contribution in [0.1, 0.15) is 79.6 Å². The number of aliphatic hydroxyl groups is 4. The summed E-state index contributed by atoms with van der Waals surface area (Å²) in [6.45, 7) is 10.2. The smallest absolute Gasteiger partial charge is 0.237 e. The fourth-order valence-corrected chi connectivity index (χ4v) is 3.51. The SMILES string of the molecule is CC[C@@H](O)[C@@H](O)[C@H](O)[C@@H](O)CNC(=O)CC[C@H](NC(C)C)C(=O)NCCC(=O)NCCCCC(C)C. The van der Waals surface area contributed by atoms with Crippen molar-refractivity contribution in [2.45, 2.75) is 116 Å². The van der Waals surface area contributed by atoms with Crippen molar-refractivity contribution >= 4 is 17.7 Å². The Kier molecular flexibility index (Phi) is 18.4. The van der Waals surface area contributed by atoms with E-state index in [0.717, 1.165) is 19.3 Å². The molecule has 0 aliphatic heterocycles. The molecule has 3 amide bonds. The van der Waals surface area contributed by atoms with Gasteiger partial charge in [-0.3, -0.25) is 14.4 Å². The third-order valence-corrected chi connectivity index (χ3v) is 5.76. The molecule has 0 aromatic heterocycles. The fourth-order valence-electron chi connectivity index (χ4n) is 3.51. The zero-order valence-corrected chi connectivity index (χ0v) is 22.6. The monoisotopic (exact) mass is 518 g/mol. The molecule has 212 valence electrons. The van der Waals surface area contributed by atoms with Crippen LogP contribution >= 0.6 is 0 Å². The normalized spacial score (nSPS) is 15.8. The van der Waals surface area contributed by atoms with Crippen molar-refractivity contribution in [1.29, 1.82) is 0 Å². The third kappa shape index (κ3) is 16.1. The number of hydrogen-bond donors (Lipinski definition) is 8. The summed E-state index contributed by atoms with van der Waals surface area (Å²) in [4.78, 5) is 36.8. The highest BCUT2D eigenvalue weighted by molar-refractivity contribution is 5.84. The largest absolute Gasteiger partial charge is 0.390 e. The van der Waals surface area contributed by atoms with Crippen LogP contribution < -0.4 is 21.3 Å². The minimum absolute atomic E-state index is 0.0126. The van der Waals surface area contributed by atoms with Crippen molar-refractivity contribution < 1.29 is 34.8 Å². The van der Waals surface area contributed by atoms with E-state index in [0.29, 0.717) is 12.5 Å². The summed E-state index contributed by atoms with van der Waals surface area (Å²) >= 11 is 0. The molecule has 0 heterocycles. The Hall–Kier alpha value is -1.79. The molecule has 0 rings (SSSR count). The van der Waals surface area contributed by atoms with E-state index in [1.165, 1.54) is 0 Å². The molecule has 0 fully saturated rings. The number of hydrogen-bond acceptors (Lipinski definition) is 8. The lowest BCUT2D eigenvalue weighted by Crippen LogP contribution is -2.49. The van der Waals surface area contributed by atoms with Gasteiger partial charge in [0.05, 0.1) is 18.2 Å². The van der Waals surface area contributed by atoms with Gasteiger partial charge in [-0.2, -0.15) is 0 Å². The number of carbonyl (C=O) groups excluding carboxylic acids is 3. The molecule has 0 aliphatic rings. The van der Waals surface area contributed by atoms with Crippen molar-refractivity contribution in [3.8, 4) is 0 Å². The first kappa shape index (κ1) is 34.2. The Morgan fingerprint density at radius 1 is 0.722 bits per heavy atom. The van der Waals surface area contributed by atoms with Crippen molar-refractivity contribution in [1.82, 2.24) is 21.3 Å². The molecule has 0 aliphatic carbocycles. The Morgan fingerprint density at radius 3 is 1.92 bits per heavy atom. The van der Waals surface area contributed by atoms with E-state index in [2.05, 4.69) is 35.1 Å². The average Bonchev–Trinajstić information content (AvgIpc) is 2.82. The number of aliphatic hydroxyl groups excluding tert-OH is 4. The summed E-state index contributed by atoms with van der Waals surface area (Å²) in [5.74, 6) is -0.223. The van der Waals surface area contributed by atoms with Crippen LogP contribution in [0.3, 0.4) is 0 Å². The van der Waals surface area contributed by atoms with E-state index < -0.39 is 36.4 Å². The van der Waals surface area contributed by atoms with Crippen LogP contribution in [0.4, 0.5) is 0 Å². The Balaban J connectivity index is 4.41. The fraction of sp³-hybridized carbons (Fsp3) is 0.880. The van der Waals surface area contributed by atoms with Gasteiger partial charge in [0.2, 0.25) is 17.7 Å². The molecule has 0 saturated carbocycles. The van der Waals surface area contributed by atoms with Crippen LogP contribution in [-0.2, 0) is 14.4 Å². The van der Waals surface area contributed by atoms with E-state index in [1.807, 2.05) is 13.8 Å². The molecule has 8 N–H and O–H groups in total. The van der Waals surface area contributed by atoms with Gasteiger partial charge in [0.15, 0.2) is 0 Å². The van der Waals surface area contributed by atoms with Crippen LogP contribution in [0.15, 0.2) is 0 Å². The molecule has 0 aromatic rings. The summed E-state index contributed by atoms with van der Waals surface area (Å²) in [5.41, 5.74) is 0. The number of nitrogens with one attached hydrogen (secondary N) is 4. The topological polar surface area (TPSA) is 180 Å². The van der Waals surface area contributed by atoms with Gasteiger partial charge < -0.3 is 41.7 Å². The summed E-state index contributed by atoms with van der Waals surface area (Å²) in [6.07, 6.45) is -2.13. The average molecular weight is 519 g/mol. The van der Waals surface area contributed by atoms with Crippen LogP contribution in [0, 0.1) is 5.92 Å². The van der Waals surface area contributed by atoms with Gasteiger partial charge in [-0.25, -0.2) is 0 Å². The first-order chi connectivity index (χ1) is 16.9. The zero-order valence-electron chi connectivity index (χ0n) is 22.6. The highest BCUT2D eigenvalue weighted by Crippen LogP contribution is 2.08. The first-order valence-electron chi connectivity index (χ1n) is 13.2. The molecule has 5 atom stereocenters. The maximum absolute atomic E-state index is 12.6. The highest BCUT2D eigenvalue weighted by Gasteiger charge is 2.29. The lowest BCUT2D eigenvalue weighted by molar-refractivity contribution is -0.125. The van der Waals surface area contributed by atoms with E-state index in [1.54, 1.807) is 6.92 Å². The molecule has 0 spiro atoms. The van der Waals surface area contributed by atoms with Gasteiger partial charge in [-0.1, -0.05) is 47.5 Å². The van der Waals surface area contributed by atoms with Gasteiger partial charge in [0.1, 0.15) is 12.2 Å². The number of unbranched alkanes of at least 4 members (excludes halogenated alkanes) is 1. The van der Waals surface area contributed by atoms with Gasteiger partial charge in [0.25, 0.3) is 0 Å². The molecule has 0 unspecified atom stereocenters. The quantitative estimate of drug-likeness (QED) is 0.0998. The standard InChI is InChI=1S/C25H50N4O7/c1-6-19(30)23(34)24(35)20(31)15-28-21(32)11-10-18(29-17(4)5)25(36)27-14-12-22(33)26-13-8-7-9-16(2)3/h16-20,23-24,29-31,34-35H,6-15H2,1-5H3,(H,26,33)(H,27,36)(H,28,32)/t18-,19+,20-,23+,24+/m0/s1. The maximum atomic E-state index is 12.6. The van der Waals surface area contributed by atoms with Crippen LogP contribution in [-0.4, -0.2) is 94.3 Å². The minimum Gasteiger partial charge on any atom is -0.390 e. The van der Waals surface area contributed by atoms with Crippen molar-refractivity contribution in [3.05, 3.63) is 0 Å². The van der Waals surface area contributed by atoms with Gasteiger partial charge in [0, 0.05) is 38.5 Å². The summed E-state index contributed by atoms with van der Waals surface area (Å²) in [7, 11) is 0. The molecule has 11 heteroatoms. The molecule has 0 bridgehead atoms. The van der Waals surface area contributed by atoms with E-state index in [-0.39, 0.29) is 56.6 Å². The molecule has 0 aromatic carbocycles. The highest BCUT2D eigenvalue weighted by atomic mass is 16.4. The van der Waals surface area contributed by atoms with Crippen molar-refractivity contribution in [2.75, 3.05) is 19.6 Å². The van der Waals surface area contributed by atoms with Crippen LogP contribution in [0.5, 0.6) is 0 Å².